The van der Waals surface area contributed by atoms with Crippen molar-refractivity contribution in [3.8, 4) is 0 Å². The summed E-state index contributed by atoms with van der Waals surface area (Å²) in [4.78, 5) is 12.9. The van der Waals surface area contributed by atoms with Crippen LogP contribution in [-0.4, -0.2) is 26.5 Å². The van der Waals surface area contributed by atoms with Gasteiger partial charge in [0, 0.05) is 11.4 Å². The Morgan fingerprint density at radius 2 is 2.06 bits per heavy atom. The van der Waals surface area contributed by atoms with E-state index in [1.807, 2.05) is 19.9 Å². The molecule has 0 fully saturated rings. The average Bonchev–Trinajstić information content (AvgIpc) is 2.63. The topological polar surface area (TPSA) is 63.2 Å². The molecule has 1 aromatic heterocycles. The Morgan fingerprint density at radius 1 is 1.39 bits per heavy atom. The Kier molecular flexibility index (Phi) is 5.49. The first-order chi connectivity index (χ1) is 8.30. The lowest BCUT2D eigenvalue weighted by Crippen LogP contribution is -2.30. The number of carbonyl (C=O) groups excluding carboxylic acids is 1. The summed E-state index contributed by atoms with van der Waals surface area (Å²) < 4.78 is 25.7. The maximum absolute atomic E-state index is 11.6. The van der Waals surface area contributed by atoms with E-state index in [4.69, 9.17) is 0 Å². The van der Waals surface area contributed by atoms with Crippen molar-refractivity contribution in [1.29, 1.82) is 0 Å². The van der Waals surface area contributed by atoms with Gasteiger partial charge in [0.25, 0.3) is 0 Å². The van der Waals surface area contributed by atoms with E-state index in [2.05, 4.69) is 4.72 Å². The van der Waals surface area contributed by atoms with Crippen LogP contribution >= 0.6 is 11.3 Å². The normalized spacial score (nSPS) is 12.0. The maximum atomic E-state index is 11.6. The number of sulfonamides is 1. The quantitative estimate of drug-likeness (QED) is 0.782. The van der Waals surface area contributed by atoms with Crippen molar-refractivity contribution in [3.05, 3.63) is 21.9 Å². The third-order valence-corrected chi connectivity index (χ3v) is 5.25. The van der Waals surface area contributed by atoms with E-state index in [-0.39, 0.29) is 17.5 Å². The first-order valence-electron chi connectivity index (χ1n) is 5.87. The van der Waals surface area contributed by atoms with Crippen LogP contribution in [0, 0.1) is 5.92 Å². The van der Waals surface area contributed by atoms with Gasteiger partial charge in [0.15, 0.2) is 5.78 Å². The second-order valence-corrected chi connectivity index (χ2v) is 7.66. The molecule has 0 unspecified atom stereocenters. The predicted octanol–water partition coefficient (Wildman–Crippen LogP) is 2.07. The number of Topliss-reactive ketones (excluding diaryl/α,β-unsaturated/α-hetero) is 1. The molecule has 0 radical (unpaired) electrons. The molecule has 4 nitrogen and oxygen atoms in total. The van der Waals surface area contributed by atoms with Gasteiger partial charge >= 0.3 is 0 Å². The summed E-state index contributed by atoms with van der Waals surface area (Å²) in [6.07, 6.45) is 0.620. The van der Waals surface area contributed by atoms with Gasteiger partial charge in [-0.25, -0.2) is 13.1 Å². The average molecular weight is 289 g/mol. The van der Waals surface area contributed by atoms with Crippen LogP contribution in [0.1, 0.15) is 35.3 Å². The first-order valence-corrected chi connectivity index (χ1v) is 8.34. The summed E-state index contributed by atoms with van der Waals surface area (Å²) in [7, 11) is -3.17. The lowest BCUT2D eigenvalue weighted by Gasteiger charge is -2.07. The van der Waals surface area contributed by atoms with Crippen molar-refractivity contribution in [3.63, 3.8) is 0 Å². The van der Waals surface area contributed by atoms with Crippen molar-refractivity contribution in [2.24, 2.45) is 5.92 Å². The second-order valence-electron chi connectivity index (χ2n) is 4.64. The molecular formula is C12H19NO3S2. The third kappa shape index (κ3) is 5.29. The van der Waals surface area contributed by atoms with Crippen LogP contribution in [0.15, 0.2) is 12.1 Å². The van der Waals surface area contributed by atoms with Crippen LogP contribution in [0.2, 0.25) is 0 Å². The molecule has 1 heterocycles. The molecule has 0 atom stereocenters. The van der Waals surface area contributed by atoms with E-state index < -0.39 is 10.0 Å². The van der Waals surface area contributed by atoms with E-state index in [0.29, 0.717) is 13.0 Å². The van der Waals surface area contributed by atoms with Crippen molar-refractivity contribution >= 4 is 27.1 Å². The van der Waals surface area contributed by atoms with E-state index in [0.717, 1.165) is 9.75 Å². The van der Waals surface area contributed by atoms with Crippen LogP contribution in [0.3, 0.4) is 0 Å². The molecule has 1 N–H and O–H groups in total. The lowest BCUT2D eigenvalue weighted by molar-refractivity contribution is 0.102. The van der Waals surface area contributed by atoms with Gasteiger partial charge in [0.1, 0.15) is 0 Å². The number of rotatable bonds is 7. The summed E-state index contributed by atoms with van der Waals surface area (Å²) in [5, 5.41) is 0. The number of thiophene rings is 1. The van der Waals surface area contributed by atoms with Crippen LogP contribution in [0.4, 0.5) is 0 Å². The molecule has 6 heteroatoms. The molecule has 0 bridgehead atoms. The SMILES string of the molecule is CC(=O)c1ccc(CCNS(=O)(=O)CC(C)C)s1. The Bertz CT molecular complexity index is 503. The van der Waals surface area contributed by atoms with Crippen molar-refractivity contribution in [1.82, 2.24) is 4.72 Å². The van der Waals surface area contributed by atoms with Crippen molar-refractivity contribution in [2.75, 3.05) is 12.3 Å². The fourth-order valence-electron chi connectivity index (χ4n) is 1.53. The molecule has 18 heavy (non-hydrogen) atoms. The first kappa shape index (κ1) is 15.3. The molecule has 0 spiro atoms. The van der Waals surface area contributed by atoms with Crippen molar-refractivity contribution in [2.45, 2.75) is 27.2 Å². The number of hydrogen-bond donors (Lipinski definition) is 1. The minimum absolute atomic E-state index is 0.0478. The number of hydrogen-bond acceptors (Lipinski definition) is 4. The highest BCUT2D eigenvalue weighted by Crippen LogP contribution is 2.17. The third-order valence-electron chi connectivity index (χ3n) is 2.25. The van der Waals surface area contributed by atoms with Gasteiger partial charge in [-0.05, 0) is 31.4 Å². The van der Waals surface area contributed by atoms with Gasteiger partial charge in [-0.1, -0.05) is 13.8 Å². The van der Waals surface area contributed by atoms with Crippen LogP contribution < -0.4 is 4.72 Å². The second kappa shape index (κ2) is 6.45. The number of ketones is 1. The molecule has 1 aromatic rings. The van der Waals surface area contributed by atoms with Crippen LogP contribution in [0.25, 0.3) is 0 Å². The highest BCUT2D eigenvalue weighted by molar-refractivity contribution is 7.89. The molecule has 1 rings (SSSR count). The predicted molar refractivity (Wildman–Crippen MR) is 74.7 cm³/mol. The van der Waals surface area contributed by atoms with Gasteiger partial charge in [-0.2, -0.15) is 0 Å². The van der Waals surface area contributed by atoms with Gasteiger partial charge in [-0.15, -0.1) is 11.3 Å². The van der Waals surface area contributed by atoms with E-state index in [9.17, 15) is 13.2 Å². The fourth-order valence-corrected chi connectivity index (χ4v) is 3.84. The van der Waals surface area contributed by atoms with Crippen molar-refractivity contribution < 1.29 is 13.2 Å². The van der Waals surface area contributed by atoms with Gasteiger partial charge in [0.05, 0.1) is 10.6 Å². The zero-order chi connectivity index (χ0) is 13.8. The van der Waals surface area contributed by atoms with E-state index in [1.165, 1.54) is 18.3 Å². The molecule has 102 valence electrons. The summed E-state index contributed by atoms with van der Waals surface area (Å²) in [5.74, 6) is 0.316. The number of nitrogens with one attached hydrogen (secondary N) is 1. The maximum Gasteiger partial charge on any atom is 0.211 e. The molecule has 0 amide bonds. The molecule has 0 saturated heterocycles. The smallest absolute Gasteiger partial charge is 0.211 e. The zero-order valence-corrected chi connectivity index (χ0v) is 12.5. The molecule has 0 aromatic carbocycles. The molecule has 0 aliphatic rings. The Morgan fingerprint density at radius 3 is 2.56 bits per heavy atom. The number of carbonyl (C=O) groups is 1. The fraction of sp³-hybridized carbons (Fsp3) is 0.583. The minimum atomic E-state index is -3.17. The molecular weight excluding hydrogens is 270 g/mol. The van der Waals surface area contributed by atoms with Crippen LogP contribution in [-0.2, 0) is 16.4 Å². The molecule has 0 saturated carbocycles. The summed E-state index contributed by atoms with van der Waals surface area (Å²) in [5.41, 5.74) is 0. The Labute approximate surface area is 112 Å². The highest BCUT2D eigenvalue weighted by Gasteiger charge is 2.12. The van der Waals surface area contributed by atoms with E-state index >= 15 is 0 Å². The lowest BCUT2D eigenvalue weighted by atomic mass is 10.3. The van der Waals surface area contributed by atoms with Crippen LogP contribution in [0.5, 0.6) is 0 Å². The van der Waals surface area contributed by atoms with E-state index in [1.54, 1.807) is 6.07 Å². The minimum Gasteiger partial charge on any atom is -0.294 e. The zero-order valence-electron chi connectivity index (χ0n) is 10.9. The largest absolute Gasteiger partial charge is 0.294 e. The van der Waals surface area contributed by atoms with Gasteiger partial charge in [0.2, 0.25) is 10.0 Å². The van der Waals surface area contributed by atoms with Gasteiger partial charge in [-0.3, -0.25) is 4.79 Å². The summed E-state index contributed by atoms with van der Waals surface area (Å²) >= 11 is 1.42. The molecule has 0 aliphatic carbocycles. The highest BCUT2D eigenvalue weighted by atomic mass is 32.2. The summed E-state index contributed by atoms with van der Waals surface area (Å²) in [6, 6.07) is 3.66. The Hall–Kier alpha value is -0.720. The standard InChI is InChI=1S/C12H19NO3S2/c1-9(2)8-18(15,16)13-7-6-11-4-5-12(17-11)10(3)14/h4-5,9,13H,6-8H2,1-3H3. The monoisotopic (exact) mass is 289 g/mol. The Balaban J connectivity index is 2.44. The van der Waals surface area contributed by atoms with Gasteiger partial charge < -0.3 is 0 Å². The molecule has 0 aliphatic heterocycles. The summed E-state index contributed by atoms with van der Waals surface area (Å²) in [6.45, 7) is 5.66.